The third-order valence-corrected chi connectivity index (χ3v) is 5.28. The number of rotatable bonds is 1. The summed E-state index contributed by atoms with van der Waals surface area (Å²) < 4.78 is 0. The molecule has 0 radical (unpaired) electrons. The van der Waals surface area contributed by atoms with Crippen molar-refractivity contribution in [3.63, 3.8) is 0 Å². The predicted molar refractivity (Wildman–Crippen MR) is 66.6 cm³/mol. The minimum atomic E-state index is -0.588. The number of carboxylic acid groups (broad SMARTS) is 1. The Labute approximate surface area is 103 Å². The second kappa shape index (κ2) is 4.47. The molecule has 0 spiro atoms. The zero-order chi connectivity index (χ0) is 11.8. The molecule has 3 rings (SSSR count). The Morgan fingerprint density at radius 2 is 1.94 bits per heavy atom. The quantitative estimate of drug-likeness (QED) is 0.703. The van der Waals surface area contributed by atoms with Crippen LogP contribution < -0.4 is 0 Å². The van der Waals surface area contributed by atoms with Crippen LogP contribution in [-0.2, 0) is 4.79 Å². The van der Waals surface area contributed by atoms with Gasteiger partial charge in [-0.25, -0.2) is 0 Å². The van der Waals surface area contributed by atoms with Gasteiger partial charge in [0.1, 0.15) is 0 Å². The summed E-state index contributed by atoms with van der Waals surface area (Å²) >= 11 is 0. The molecule has 0 bridgehead atoms. The molecule has 2 nitrogen and oxygen atoms in total. The lowest BCUT2D eigenvalue weighted by Crippen LogP contribution is -2.37. The molecule has 0 aromatic carbocycles. The second-order valence-electron chi connectivity index (χ2n) is 6.08. The minimum absolute atomic E-state index is 0.156. The average Bonchev–Trinajstić information content (AvgIpc) is 2.37. The molecule has 2 fully saturated rings. The first-order valence-corrected chi connectivity index (χ1v) is 7.20. The summed E-state index contributed by atoms with van der Waals surface area (Å²) in [4.78, 5) is 11.3. The molecule has 1 N–H and O–H groups in total. The zero-order valence-electron chi connectivity index (χ0n) is 10.4. The van der Waals surface area contributed by atoms with Crippen LogP contribution in [0.25, 0.3) is 0 Å². The molecule has 3 aliphatic carbocycles. The summed E-state index contributed by atoms with van der Waals surface area (Å²) in [6, 6.07) is 0. The van der Waals surface area contributed by atoms with Gasteiger partial charge >= 0.3 is 5.97 Å². The van der Waals surface area contributed by atoms with Crippen molar-refractivity contribution in [2.75, 3.05) is 0 Å². The summed E-state index contributed by atoms with van der Waals surface area (Å²) in [5.41, 5.74) is 1.30. The van der Waals surface area contributed by atoms with E-state index in [1.165, 1.54) is 37.7 Å². The summed E-state index contributed by atoms with van der Waals surface area (Å²) in [6.45, 7) is 0. The van der Waals surface area contributed by atoms with Gasteiger partial charge in [0, 0.05) is 0 Å². The van der Waals surface area contributed by atoms with Crippen LogP contribution in [0.2, 0.25) is 0 Å². The van der Waals surface area contributed by atoms with E-state index in [4.69, 9.17) is 0 Å². The van der Waals surface area contributed by atoms with E-state index in [2.05, 4.69) is 6.08 Å². The summed E-state index contributed by atoms with van der Waals surface area (Å²) in [5.74, 6) is 1.55. The van der Waals surface area contributed by atoms with Crippen molar-refractivity contribution in [1.82, 2.24) is 0 Å². The topological polar surface area (TPSA) is 37.3 Å². The summed E-state index contributed by atoms with van der Waals surface area (Å²) in [6.07, 6.45) is 12.2. The smallest absolute Gasteiger partial charge is 0.310 e. The Balaban J connectivity index is 1.87. The third kappa shape index (κ3) is 1.92. The van der Waals surface area contributed by atoms with Gasteiger partial charge in [0.15, 0.2) is 0 Å². The van der Waals surface area contributed by atoms with E-state index in [0.29, 0.717) is 5.92 Å². The molecule has 0 amide bonds. The van der Waals surface area contributed by atoms with Gasteiger partial charge in [-0.05, 0) is 49.9 Å². The molecule has 3 aliphatic rings. The van der Waals surface area contributed by atoms with Gasteiger partial charge < -0.3 is 5.11 Å². The van der Waals surface area contributed by atoms with Crippen molar-refractivity contribution in [1.29, 1.82) is 0 Å². The number of aliphatic carboxylic acids is 1. The molecule has 2 saturated carbocycles. The van der Waals surface area contributed by atoms with Gasteiger partial charge in [-0.1, -0.05) is 30.9 Å². The van der Waals surface area contributed by atoms with Crippen LogP contribution in [0, 0.1) is 23.7 Å². The number of fused-ring (bicyclic) bond motifs is 3. The molecule has 17 heavy (non-hydrogen) atoms. The maximum absolute atomic E-state index is 11.3. The van der Waals surface area contributed by atoms with E-state index in [0.717, 1.165) is 31.1 Å². The van der Waals surface area contributed by atoms with Crippen LogP contribution in [-0.4, -0.2) is 11.1 Å². The van der Waals surface area contributed by atoms with E-state index in [1.807, 2.05) is 0 Å². The molecular weight excluding hydrogens is 212 g/mol. The minimum Gasteiger partial charge on any atom is -0.481 e. The fourth-order valence-electron chi connectivity index (χ4n) is 4.50. The van der Waals surface area contributed by atoms with Gasteiger partial charge in [0.25, 0.3) is 0 Å². The fraction of sp³-hybridized carbons (Fsp3) is 0.800. The van der Waals surface area contributed by atoms with Crippen LogP contribution in [0.1, 0.15) is 51.4 Å². The molecule has 0 aromatic rings. The number of carboxylic acids is 1. The Morgan fingerprint density at radius 3 is 2.76 bits per heavy atom. The maximum Gasteiger partial charge on any atom is 0.310 e. The van der Waals surface area contributed by atoms with Gasteiger partial charge in [0.05, 0.1) is 5.92 Å². The normalized spacial score (nSPS) is 41.1. The van der Waals surface area contributed by atoms with Crippen LogP contribution in [0.5, 0.6) is 0 Å². The Morgan fingerprint density at radius 1 is 1.12 bits per heavy atom. The SMILES string of the molecule is O=C(O)C1CCCC2C1=CCC1CCCCC12. The van der Waals surface area contributed by atoms with Gasteiger partial charge in [-0.3, -0.25) is 4.79 Å². The van der Waals surface area contributed by atoms with Crippen molar-refractivity contribution < 1.29 is 9.90 Å². The molecule has 0 saturated heterocycles. The first kappa shape index (κ1) is 11.3. The molecule has 0 heterocycles. The molecule has 4 unspecified atom stereocenters. The number of allylic oxidation sites excluding steroid dienone is 1. The lowest BCUT2D eigenvalue weighted by atomic mass is 9.60. The summed E-state index contributed by atoms with van der Waals surface area (Å²) in [7, 11) is 0. The first-order chi connectivity index (χ1) is 8.27. The van der Waals surface area contributed by atoms with Crippen molar-refractivity contribution in [2.24, 2.45) is 23.7 Å². The van der Waals surface area contributed by atoms with Crippen molar-refractivity contribution in [2.45, 2.75) is 51.4 Å². The van der Waals surface area contributed by atoms with E-state index in [9.17, 15) is 9.90 Å². The lowest BCUT2D eigenvalue weighted by molar-refractivity contribution is -0.141. The van der Waals surface area contributed by atoms with Gasteiger partial charge in [0.2, 0.25) is 0 Å². The van der Waals surface area contributed by atoms with E-state index in [1.54, 1.807) is 0 Å². The number of hydrogen-bond acceptors (Lipinski definition) is 1. The molecule has 94 valence electrons. The molecule has 4 atom stereocenters. The van der Waals surface area contributed by atoms with Crippen LogP contribution in [0.3, 0.4) is 0 Å². The van der Waals surface area contributed by atoms with Gasteiger partial charge in [-0.2, -0.15) is 0 Å². The van der Waals surface area contributed by atoms with E-state index in [-0.39, 0.29) is 5.92 Å². The summed E-state index contributed by atoms with van der Waals surface area (Å²) in [5, 5.41) is 9.33. The van der Waals surface area contributed by atoms with Crippen LogP contribution in [0.15, 0.2) is 11.6 Å². The van der Waals surface area contributed by atoms with Crippen LogP contribution in [0.4, 0.5) is 0 Å². The molecular formula is C15H22O2. The second-order valence-corrected chi connectivity index (χ2v) is 6.08. The number of carbonyl (C=O) groups is 1. The Hall–Kier alpha value is -0.790. The number of hydrogen-bond donors (Lipinski definition) is 1. The van der Waals surface area contributed by atoms with Gasteiger partial charge in [-0.15, -0.1) is 0 Å². The third-order valence-electron chi connectivity index (χ3n) is 5.28. The highest BCUT2D eigenvalue weighted by Crippen LogP contribution is 2.50. The highest BCUT2D eigenvalue weighted by molar-refractivity contribution is 5.74. The lowest BCUT2D eigenvalue weighted by Gasteiger charge is -2.45. The van der Waals surface area contributed by atoms with Crippen LogP contribution >= 0.6 is 0 Å². The maximum atomic E-state index is 11.3. The molecule has 0 aliphatic heterocycles. The molecule has 2 heteroatoms. The van der Waals surface area contributed by atoms with Crippen molar-refractivity contribution >= 4 is 5.97 Å². The average molecular weight is 234 g/mol. The monoisotopic (exact) mass is 234 g/mol. The predicted octanol–water partition coefficient (Wildman–Crippen LogP) is 3.62. The van der Waals surface area contributed by atoms with Crippen molar-refractivity contribution in [3.8, 4) is 0 Å². The fourth-order valence-corrected chi connectivity index (χ4v) is 4.50. The largest absolute Gasteiger partial charge is 0.481 e. The molecule has 0 aromatic heterocycles. The Bertz CT molecular complexity index is 345. The van der Waals surface area contributed by atoms with Crippen molar-refractivity contribution in [3.05, 3.63) is 11.6 Å². The van der Waals surface area contributed by atoms with E-state index >= 15 is 0 Å². The first-order valence-electron chi connectivity index (χ1n) is 7.20. The highest BCUT2D eigenvalue weighted by Gasteiger charge is 2.41. The Kier molecular flexibility index (Phi) is 2.97. The highest BCUT2D eigenvalue weighted by atomic mass is 16.4. The standard InChI is InChI=1S/C15H22O2/c16-15(17)14-7-3-6-12-11-5-2-1-4-10(11)8-9-13(12)14/h9-12,14H,1-8H2,(H,16,17). The zero-order valence-corrected chi connectivity index (χ0v) is 10.4. The van der Waals surface area contributed by atoms with E-state index < -0.39 is 5.97 Å².